The van der Waals surface area contributed by atoms with Gasteiger partial charge in [0.05, 0.1) is 5.52 Å². The van der Waals surface area contributed by atoms with E-state index in [2.05, 4.69) is 20.2 Å². The lowest BCUT2D eigenvalue weighted by Gasteiger charge is -2.35. The summed E-state index contributed by atoms with van der Waals surface area (Å²) in [4.78, 5) is 25.1. The smallest absolute Gasteiger partial charge is 0.246 e. The molecule has 0 unspecified atom stereocenters. The normalized spacial score (nSPS) is 13.8. The molecule has 2 aromatic carbocycles. The molecule has 3 aromatic rings. The lowest BCUT2D eigenvalue weighted by Crippen LogP contribution is -2.48. The summed E-state index contributed by atoms with van der Waals surface area (Å²) in [5.74, 6) is 0.451. The molecule has 0 aliphatic carbocycles. The molecule has 0 saturated carbocycles. The van der Waals surface area contributed by atoms with Crippen LogP contribution < -0.4 is 10.2 Å². The van der Waals surface area contributed by atoms with Crippen LogP contribution >= 0.6 is 11.6 Å². The lowest BCUT2D eigenvalue weighted by molar-refractivity contribution is -0.126. The van der Waals surface area contributed by atoms with Crippen molar-refractivity contribution in [1.82, 2.24) is 20.2 Å². The van der Waals surface area contributed by atoms with E-state index in [-0.39, 0.29) is 11.7 Å². The molecule has 0 atom stereocenters. The Kier molecular flexibility index (Phi) is 8.74. The maximum Gasteiger partial charge on any atom is 0.246 e. The number of amides is 1. The number of anilines is 1. The molecule has 1 saturated heterocycles. The van der Waals surface area contributed by atoms with Crippen molar-refractivity contribution >= 4 is 34.2 Å². The van der Waals surface area contributed by atoms with Gasteiger partial charge in [0.1, 0.15) is 18.0 Å². The Morgan fingerprint density at radius 1 is 1.12 bits per heavy atom. The van der Waals surface area contributed by atoms with Gasteiger partial charge in [0.15, 0.2) is 0 Å². The summed E-state index contributed by atoms with van der Waals surface area (Å²) >= 11 is 6.54. The molecule has 1 aromatic heterocycles. The zero-order valence-corrected chi connectivity index (χ0v) is 19.9. The number of nitrogens with one attached hydrogen (secondary N) is 1. The zero-order chi connectivity index (χ0) is 23.8. The van der Waals surface area contributed by atoms with E-state index in [0.29, 0.717) is 54.4 Å². The number of carbonyl (C=O) groups excluding carboxylic acids is 1. The van der Waals surface area contributed by atoms with Gasteiger partial charge in [0.25, 0.3) is 0 Å². The quantitative estimate of drug-likeness (QED) is 0.556. The maximum atomic E-state index is 14.3. The number of carbonyl (C=O) groups is 1. The number of halogens is 2. The van der Waals surface area contributed by atoms with Crippen LogP contribution in [0.4, 0.5) is 10.2 Å². The Balaban J connectivity index is 0.00000149. The predicted molar refractivity (Wildman–Crippen MR) is 133 cm³/mol. The van der Waals surface area contributed by atoms with Crippen LogP contribution in [0.1, 0.15) is 13.8 Å². The van der Waals surface area contributed by atoms with Crippen molar-refractivity contribution in [3.8, 4) is 11.1 Å². The first-order valence-corrected chi connectivity index (χ1v) is 11.5. The molecule has 0 spiro atoms. The number of benzene rings is 2. The van der Waals surface area contributed by atoms with Crippen molar-refractivity contribution in [2.24, 2.45) is 0 Å². The second-order valence-electron chi connectivity index (χ2n) is 7.30. The molecule has 8 heteroatoms. The van der Waals surface area contributed by atoms with Crippen LogP contribution in [0, 0.1) is 5.82 Å². The fourth-order valence-electron chi connectivity index (χ4n) is 3.72. The van der Waals surface area contributed by atoms with Crippen molar-refractivity contribution in [3.05, 3.63) is 65.7 Å². The van der Waals surface area contributed by atoms with Gasteiger partial charge in [-0.2, -0.15) is 0 Å². The Labute approximate surface area is 199 Å². The number of hydrogen-bond acceptors (Lipinski definition) is 5. The lowest BCUT2D eigenvalue weighted by atomic mass is 10.0. The second-order valence-corrected chi connectivity index (χ2v) is 7.71. The van der Waals surface area contributed by atoms with Gasteiger partial charge in [-0.1, -0.05) is 49.7 Å². The molecule has 0 radical (unpaired) electrons. The van der Waals surface area contributed by atoms with E-state index in [0.717, 1.165) is 11.2 Å². The molecule has 1 N–H and O–H groups in total. The number of rotatable bonds is 5. The summed E-state index contributed by atoms with van der Waals surface area (Å²) in [5.41, 5.74) is 1.73. The van der Waals surface area contributed by atoms with Crippen LogP contribution in [0.2, 0.25) is 5.02 Å². The Bertz CT molecular complexity index is 1130. The van der Waals surface area contributed by atoms with Gasteiger partial charge in [-0.25, -0.2) is 14.4 Å². The monoisotopic (exact) mass is 469 g/mol. The molecule has 174 valence electrons. The minimum Gasteiger partial charge on any atom is -0.352 e. The summed E-state index contributed by atoms with van der Waals surface area (Å²) in [6, 6.07) is 10.1. The Morgan fingerprint density at radius 3 is 2.55 bits per heavy atom. The van der Waals surface area contributed by atoms with Gasteiger partial charge in [-0.15, -0.1) is 0 Å². The number of hydrogen-bond donors (Lipinski definition) is 1. The number of nitrogens with zero attached hydrogens (tertiary/aromatic N) is 4. The van der Waals surface area contributed by atoms with Gasteiger partial charge in [-0.3, -0.25) is 4.79 Å². The van der Waals surface area contributed by atoms with E-state index >= 15 is 0 Å². The Hall–Kier alpha value is -3.03. The van der Waals surface area contributed by atoms with Crippen molar-refractivity contribution in [3.63, 3.8) is 0 Å². The summed E-state index contributed by atoms with van der Waals surface area (Å²) in [7, 11) is 1.84. The first-order valence-electron chi connectivity index (χ1n) is 11.1. The molecule has 1 amide bonds. The molecule has 1 fully saturated rings. The average Bonchev–Trinajstić information content (AvgIpc) is 2.85. The molecule has 1 aliphatic rings. The fraction of sp³-hybridized carbons (Fsp3) is 0.320. The first-order chi connectivity index (χ1) is 16.1. The molecule has 4 rings (SSSR count). The Morgan fingerprint density at radius 2 is 1.85 bits per heavy atom. The highest BCUT2D eigenvalue weighted by Gasteiger charge is 2.22. The van der Waals surface area contributed by atoms with E-state index in [4.69, 9.17) is 11.6 Å². The van der Waals surface area contributed by atoms with Crippen molar-refractivity contribution in [2.75, 3.05) is 44.7 Å². The summed E-state index contributed by atoms with van der Waals surface area (Å²) in [6.07, 6.45) is 4.94. The van der Waals surface area contributed by atoms with E-state index < -0.39 is 0 Å². The largest absolute Gasteiger partial charge is 0.352 e. The third-order valence-electron chi connectivity index (χ3n) is 5.34. The predicted octanol–water partition coefficient (Wildman–Crippen LogP) is 4.54. The highest BCUT2D eigenvalue weighted by Crippen LogP contribution is 2.35. The summed E-state index contributed by atoms with van der Waals surface area (Å²) in [5, 5.41) is 4.23. The van der Waals surface area contributed by atoms with E-state index in [1.54, 1.807) is 36.4 Å². The van der Waals surface area contributed by atoms with Gasteiger partial charge < -0.3 is 15.1 Å². The number of piperazine rings is 1. The number of likely N-dealkylation sites (N-methyl/N-ethyl adjacent to an activating group) is 1. The highest BCUT2D eigenvalue weighted by atomic mass is 35.5. The van der Waals surface area contributed by atoms with Crippen LogP contribution in [0.25, 0.3) is 22.0 Å². The molecule has 33 heavy (non-hydrogen) atoms. The van der Waals surface area contributed by atoms with E-state index in [9.17, 15) is 9.18 Å². The van der Waals surface area contributed by atoms with Crippen molar-refractivity contribution in [2.45, 2.75) is 13.8 Å². The second kappa shape index (κ2) is 11.7. The van der Waals surface area contributed by atoms with Gasteiger partial charge in [0, 0.05) is 60.3 Å². The SMILES string of the molecule is CC.CNC/C=C/C(=O)N1CCN(c2ncnc3cc(-c4ccccc4F)c(Cl)cc23)CC1. The van der Waals surface area contributed by atoms with Crippen LogP contribution in [0.5, 0.6) is 0 Å². The number of fused-ring (bicyclic) bond motifs is 1. The van der Waals surface area contributed by atoms with Gasteiger partial charge >= 0.3 is 0 Å². The van der Waals surface area contributed by atoms with Crippen LogP contribution in [0.3, 0.4) is 0 Å². The van der Waals surface area contributed by atoms with Crippen molar-refractivity contribution < 1.29 is 9.18 Å². The molecular weight excluding hydrogens is 441 g/mol. The standard InChI is InChI=1S/C23H23ClFN5O.C2H6/c1-26-8-4-7-22(31)29-9-11-30(12-10-29)23-18-13-19(24)17(14-21(18)27-15-28-23)16-5-2-3-6-20(16)25;1-2/h2-7,13-15,26H,8-12H2,1H3;1-2H3/b7-4+;. The molecule has 6 nitrogen and oxygen atoms in total. The van der Waals surface area contributed by atoms with Crippen LogP contribution in [0.15, 0.2) is 54.9 Å². The summed E-state index contributed by atoms with van der Waals surface area (Å²) in [6.45, 7) is 7.19. The molecule has 0 bridgehead atoms. The molecule has 1 aliphatic heterocycles. The van der Waals surface area contributed by atoms with Gasteiger partial charge in [-0.05, 0) is 25.2 Å². The van der Waals surface area contributed by atoms with Gasteiger partial charge in [0.2, 0.25) is 5.91 Å². The summed E-state index contributed by atoms with van der Waals surface area (Å²) < 4.78 is 14.3. The number of aromatic nitrogens is 2. The highest BCUT2D eigenvalue weighted by molar-refractivity contribution is 6.34. The van der Waals surface area contributed by atoms with Crippen LogP contribution in [-0.4, -0.2) is 60.5 Å². The third-order valence-corrected chi connectivity index (χ3v) is 5.65. The van der Waals surface area contributed by atoms with E-state index in [1.807, 2.05) is 31.9 Å². The topological polar surface area (TPSA) is 61.4 Å². The molecule has 2 heterocycles. The minimum absolute atomic E-state index is 0.0139. The van der Waals surface area contributed by atoms with Crippen LogP contribution in [-0.2, 0) is 4.79 Å². The van der Waals surface area contributed by atoms with Crippen molar-refractivity contribution in [1.29, 1.82) is 0 Å². The molecular formula is C25H29ClFN5O. The zero-order valence-electron chi connectivity index (χ0n) is 19.2. The third kappa shape index (κ3) is 5.67. The average molecular weight is 470 g/mol. The minimum atomic E-state index is -0.331. The fourth-order valence-corrected chi connectivity index (χ4v) is 3.99. The maximum absolute atomic E-state index is 14.3. The first kappa shape index (κ1) is 24.6. The van der Waals surface area contributed by atoms with E-state index in [1.165, 1.54) is 12.4 Å².